The van der Waals surface area contributed by atoms with E-state index in [0.717, 1.165) is 12.8 Å². The molecule has 1 atom stereocenters. The number of ether oxygens (including phenoxy) is 2. The summed E-state index contributed by atoms with van der Waals surface area (Å²) >= 11 is 0. The summed E-state index contributed by atoms with van der Waals surface area (Å²) in [5.41, 5.74) is 0. The molecular weight excluding hydrogens is 156 g/mol. The van der Waals surface area contributed by atoms with Crippen LogP contribution in [0.5, 0.6) is 0 Å². The van der Waals surface area contributed by atoms with Crippen LogP contribution in [0.3, 0.4) is 0 Å². The van der Waals surface area contributed by atoms with Crippen LogP contribution in [0.2, 0.25) is 0 Å². The van der Waals surface area contributed by atoms with Gasteiger partial charge in [-0.2, -0.15) is 0 Å². The van der Waals surface area contributed by atoms with Gasteiger partial charge in [-0.3, -0.25) is 0 Å². The van der Waals surface area contributed by atoms with Crippen molar-refractivity contribution in [1.82, 2.24) is 0 Å². The topological polar surface area (TPSA) is 38.7 Å². The Bertz CT molecular complexity index is 112. The molecule has 0 bridgehead atoms. The summed E-state index contributed by atoms with van der Waals surface area (Å²) in [4.78, 5) is 0. The average Bonchev–Trinajstić information content (AvgIpc) is 2.05. The molecule has 0 spiro atoms. The van der Waals surface area contributed by atoms with E-state index in [1.165, 1.54) is 12.7 Å². The molecule has 1 N–H and O–H groups in total. The van der Waals surface area contributed by atoms with Crippen molar-refractivity contribution in [2.24, 2.45) is 0 Å². The van der Waals surface area contributed by atoms with Gasteiger partial charge >= 0.3 is 6.48 Å². The van der Waals surface area contributed by atoms with E-state index in [1.807, 2.05) is 6.08 Å². The molecule has 0 aliphatic heterocycles. The van der Waals surface area contributed by atoms with Crippen molar-refractivity contribution < 1.29 is 14.6 Å². The summed E-state index contributed by atoms with van der Waals surface area (Å²) < 4.78 is 9.51. The van der Waals surface area contributed by atoms with Crippen molar-refractivity contribution in [3.8, 4) is 0 Å². The van der Waals surface area contributed by atoms with Gasteiger partial charge in [-0.05, 0) is 25.8 Å². The molecule has 0 rings (SSSR count). The summed E-state index contributed by atoms with van der Waals surface area (Å²) in [6.45, 7) is 3.26. The van der Waals surface area contributed by atoms with Crippen molar-refractivity contribution >= 4 is 0 Å². The van der Waals surface area contributed by atoms with Gasteiger partial charge in [0.25, 0.3) is 0 Å². The van der Waals surface area contributed by atoms with Crippen LogP contribution in [0.4, 0.5) is 0 Å². The Balaban J connectivity index is 3.21. The lowest BCUT2D eigenvalue weighted by atomic mass is 10.2. The molecule has 0 aliphatic carbocycles. The van der Waals surface area contributed by atoms with Crippen LogP contribution in [0.15, 0.2) is 12.3 Å². The Morgan fingerprint density at radius 3 is 2.75 bits per heavy atom. The molecular formula is C9H18O3. The van der Waals surface area contributed by atoms with Crippen LogP contribution < -0.4 is 0 Å². The number of rotatable bonds is 7. The molecule has 0 fully saturated rings. The van der Waals surface area contributed by atoms with E-state index in [-0.39, 0.29) is 0 Å². The van der Waals surface area contributed by atoms with Crippen molar-refractivity contribution in [3.05, 3.63) is 12.3 Å². The minimum atomic E-state index is -1.12. The summed E-state index contributed by atoms with van der Waals surface area (Å²) in [6.07, 6.45) is 6.65. The molecule has 0 aromatic carbocycles. The van der Waals surface area contributed by atoms with Crippen molar-refractivity contribution in [3.63, 3.8) is 0 Å². The van der Waals surface area contributed by atoms with Crippen molar-refractivity contribution in [2.45, 2.75) is 39.6 Å². The first-order valence-electron chi connectivity index (χ1n) is 4.41. The predicted molar refractivity (Wildman–Crippen MR) is 47.4 cm³/mol. The van der Waals surface area contributed by atoms with Gasteiger partial charge in [0.1, 0.15) is 0 Å². The molecule has 72 valence electrons. The molecule has 0 heterocycles. The second-order valence-electron chi connectivity index (χ2n) is 2.41. The zero-order valence-electron chi connectivity index (χ0n) is 7.82. The van der Waals surface area contributed by atoms with E-state index in [2.05, 4.69) is 6.92 Å². The lowest BCUT2D eigenvalue weighted by Crippen LogP contribution is -2.12. The Morgan fingerprint density at radius 2 is 2.17 bits per heavy atom. The lowest BCUT2D eigenvalue weighted by molar-refractivity contribution is -0.235. The standard InChI is InChI=1S/C9H18O3/c1-3-5-6-7-8-12-9(10)11-4-2/h7-10H,3-6H2,1-2H3. The maximum Gasteiger partial charge on any atom is 0.312 e. The first kappa shape index (κ1) is 11.5. The molecule has 12 heavy (non-hydrogen) atoms. The number of hydrogen-bond acceptors (Lipinski definition) is 3. The summed E-state index contributed by atoms with van der Waals surface area (Å²) in [5.74, 6) is 0. The molecule has 3 heteroatoms. The number of aliphatic hydroxyl groups excluding tert-OH is 1. The monoisotopic (exact) mass is 174 g/mol. The maximum atomic E-state index is 8.91. The van der Waals surface area contributed by atoms with Gasteiger partial charge in [0.2, 0.25) is 0 Å². The highest BCUT2D eigenvalue weighted by Gasteiger charge is 1.97. The summed E-state index contributed by atoms with van der Waals surface area (Å²) in [6, 6.07) is 0. The Kier molecular flexibility index (Phi) is 8.17. The fraction of sp³-hybridized carbons (Fsp3) is 0.778. The van der Waals surface area contributed by atoms with E-state index in [9.17, 15) is 0 Å². The predicted octanol–water partition coefficient (Wildman–Crippen LogP) is 2.02. The highest BCUT2D eigenvalue weighted by Crippen LogP contribution is 1.96. The average molecular weight is 174 g/mol. The molecule has 3 nitrogen and oxygen atoms in total. The van der Waals surface area contributed by atoms with Crippen LogP contribution in [0.1, 0.15) is 33.1 Å². The molecule has 0 aliphatic rings. The Hall–Kier alpha value is -0.540. The number of aliphatic hydroxyl groups is 1. The van der Waals surface area contributed by atoms with Crippen LogP contribution in [0.25, 0.3) is 0 Å². The highest BCUT2D eigenvalue weighted by molar-refractivity contribution is 4.72. The van der Waals surface area contributed by atoms with Crippen LogP contribution in [-0.2, 0) is 9.47 Å². The van der Waals surface area contributed by atoms with Gasteiger partial charge in [0.15, 0.2) is 0 Å². The quantitative estimate of drug-likeness (QED) is 0.364. The molecule has 0 saturated heterocycles. The van der Waals surface area contributed by atoms with Crippen LogP contribution >= 0.6 is 0 Å². The maximum absolute atomic E-state index is 8.91. The minimum Gasteiger partial charge on any atom is -0.450 e. The van der Waals surface area contributed by atoms with Crippen LogP contribution in [0, 0.1) is 0 Å². The van der Waals surface area contributed by atoms with E-state index in [1.54, 1.807) is 6.92 Å². The second kappa shape index (κ2) is 8.56. The Morgan fingerprint density at radius 1 is 1.42 bits per heavy atom. The molecule has 0 saturated carbocycles. The first-order valence-corrected chi connectivity index (χ1v) is 4.41. The molecule has 0 aromatic heterocycles. The van der Waals surface area contributed by atoms with E-state index in [0.29, 0.717) is 6.61 Å². The number of hydrogen-bond donors (Lipinski definition) is 1. The van der Waals surface area contributed by atoms with Gasteiger partial charge in [-0.1, -0.05) is 13.3 Å². The summed E-state index contributed by atoms with van der Waals surface area (Å²) in [5, 5.41) is 8.91. The van der Waals surface area contributed by atoms with Crippen molar-refractivity contribution in [2.75, 3.05) is 6.61 Å². The zero-order chi connectivity index (χ0) is 9.23. The molecule has 0 aromatic rings. The van der Waals surface area contributed by atoms with Gasteiger partial charge in [0.05, 0.1) is 12.9 Å². The van der Waals surface area contributed by atoms with Crippen LogP contribution in [-0.4, -0.2) is 18.2 Å². The van der Waals surface area contributed by atoms with Gasteiger partial charge in [-0.25, -0.2) is 0 Å². The third kappa shape index (κ3) is 7.57. The number of unbranched alkanes of at least 4 members (excludes halogenated alkanes) is 2. The first-order chi connectivity index (χ1) is 5.81. The minimum absolute atomic E-state index is 0.448. The van der Waals surface area contributed by atoms with Gasteiger partial charge in [-0.15, -0.1) is 0 Å². The van der Waals surface area contributed by atoms with E-state index < -0.39 is 6.48 Å². The smallest absolute Gasteiger partial charge is 0.312 e. The SMILES string of the molecule is CCCCC=COC(O)OCC. The molecule has 0 amide bonds. The second-order valence-corrected chi connectivity index (χ2v) is 2.41. The number of allylic oxidation sites excluding steroid dienone is 1. The van der Waals surface area contributed by atoms with E-state index >= 15 is 0 Å². The highest BCUT2D eigenvalue weighted by atomic mass is 16.8. The Labute approximate surface area is 74.0 Å². The fourth-order valence-electron chi connectivity index (χ4n) is 0.695. The third-order valence-electron chi connectivity index (χ3n) is 1.32. The fourth-order valence-corrected chi connectivity index (χ4v) is 0.695. The van der Waals surface area contributed by atoms with Gasteiger partial charge < -0.3 is 14.6 Å². The van der Waals surface area contributed by atoms with Gasteiger partial charge in [0, 0.05) is 0 Å². The van der Waals surface area contributed by atoms with E-state index in [4.69, 9.17) is 14.6 Å². The molecule has 0 radical (unpaired) electrons. The summed E-state index contributed by atoms with van der Waals surface area (Å²) in [7, 11) is 0. The lowest BCUT2D eigenvalue weighted by Gasteiger charge is -2.08. The normalized spacial score (nSPS) is 13.6. The zero-order valence-corrected chi connectivity index (χ0v) is 7.82. The molecule has 1 unspecified atom stereocenters. The third-order valence-corrected chi connectivity index (χ3v) is 1.32. The van der Waals surface area contributed by atoms with Crippen molar-refractivity contribution in [1.29, 1.82) is 0 Å². The largest absolute Gasteiger partial charge is 0.450 e.